The lowest BCUT2D eigenvalue weighted by Gasteiger charge is -2.23. The van der Waals surface area contributed by atoms with Gasteiger partial charge in [0.2, 0.25) is 5.91 Å². The summed E-state index contributed by atoms with van der Waals surface area (Å²) < 4.78 is 20.7. The van der Waals surface area contributed by atoms with Gasteiger partial charge in [-0.15, -0.1) is 0 Å². The average molecular weight is 385 g/mol. The summed E-state index contributed by atoms with van der Waals surface area (Å²) in [5, 5.41) is 3.02. The summed E-state index contributed by atoms with van der Waals surface area (Å²) in [4.78, 5) is 32.2. The highest BCUT2D eigenvalue weighted by molar-refractivity contribution is 7.77. The highest BCUT2D eigenvalue weighted by atomic mass is 32.2. The molecule has 0 saturated carbocycles. The van der Waals surface area contributed by atoms with Gasteiger partial charge in [-0.2, -0.15) is 0 Å². The fourth-order valence-electron chi connectivity index (χ4n) is 2.15. The lowest BCUT2D eigenvalue weighted by atomic mass is 10.2. The van der Waals surface area contributed by atoms with Gasteiger partial charge in [-0.1, -0.05) is 0 Å². The van der Waals surface area contributed by atoms with Crippen molar-refractivity contribution in [1.29, 1.82) is 0 Å². The summed E-state index contributed by atoms with van der Waals surface area (Å²) in [5.74, 6) is -0.580. The maximum Gasteiger partial charge on any atom is 0.267 e. The second kappa shape index (κ2) is 11.0. The molecule has 0 aliphatic carbocycles. The summed E-state index contributed by atoms with van der Waals surface area (Å²) in [6.45, 7) is 4.51. The van der Waals surface area contributed by atoms with Crippen molar-refractivity contribution in [3.8, 4) is 0 Å². The number of aromatic nitrogens is 1. The molecule has 26 heavy (non-hydrogen) atoms. The predicted octanol–water partition coefficient (Wildman–Crippen LogP) is -0.210. The number of likely N-dealkylation sites (N-methyl/N-ethyl adjacent to an activating group) is 2. The van der Waals surface area contributed by atoms with E-state index in [-0.39, 0.29) is 18.0 Å². The molecule has 146 valence electrons. The second-order valence-corrected chi connectivity index (χ2v) is 6.96. The minimum absolute atomic E-state index is 0.00279. The van der Waals surface area contributed by atoms with E-state index in [2.05, 4.69) is 10.3 Å². The van der Waals surface area contributed by atoms with Gasteiger partial charge in [0, 0.05) is 45.0 Å². The first kappa shape index (κ1) is 22.2. The van der Waals surface area contributed by atoms with Crippen molar-refractivity contribution in [2.75, 3.05) is 47.3 Å². The number of rotatable bonds is 10. The highest BCUT2D eigenvalue weighted by Crippen LogP contribution is 2.06. The van der Waals surface area contributed by atoms with E-state index >= 15 is 0 Å². The van der Waals surface area contributed by atoms with Crippen molar-refractivity contribution >= 4 is 23.1 Å². The molecular formula is C16H27N5O4S. The molecule has 0 saturated heterocycles. The van der Waals surface area contributed by atoms with Gasteiger partial charge < -0.3 is 15.1 Å². The van der Waals surface area contributed by atoms with Crippen LogP contribution in [0.5, 0.6) is 0 Å². The van der Waals surface area contributed by atoms with Gasteiger partial charge in [0.15, 0.2) is 0 Å². The molecule has 0 radical (unpaired) electrons. The van der Waals surface area contributed by atoms with E-state index in [4.69, 9.17) is 4.55 Å². The fraction of sp³-hybridized carbons (Fsp3) is 0.562. The molecule has 1 aromatic heterocycles. The lowest BCUT2D eigenvalue weighted by Crippen LogP contribution is -2.41. The number of nitrogens with zero attached hydrogens (tertiary/aromatic N) is 4. The van der Waals surface area contributed by atoms with Crippen LogP contribution < -0.4 is 5.32 Å². The molecule has 0 aliphatic rings. The van der Waals surface area contributed by atoms with Gasteiger partial charge in [0.1, 0.15) is 0 Å². The SMILES string of the molecule is CCN(CCN(C)C)C(=O)CNCc1cc(C(=O)N(C)S(=O)O)ccn1. The minimum atomic E-state index is -2.38. The van der Waals surface area contributed by atoms with Crippen LogP contribution in [0.3, 0.4) is 0 Å². The van der Waals surface area contributed by atoms with Gasteiger partial charge in [-0.25, -0.2) is 8.51 Å². The predicted molar refractivity (Wildman–Crippen MR) is 99.6 cm³/mol. The molecule has 1 aromatic rings. The Morgan fingerprint density at radius 3 is 2.54 bits per heavy atom. The van der Waals surface area contributed by atoms with E-state index in [1.54, 1.807) is 4.90 Å². The Bertz CT molecular complexity index is 641. The summed E-state index contributed by atoms with van der Waals surface area (Å²) in [6, 6.07) is 3.01. The third-order valence-electron chi connectivity index (χ3n) is 3.72. The third-order valence-corrected chi connectivity index (χ3v) is 4.35. The Balaban J connectivity index is 2.57. The molecule has 0 bridgehead atoms. The van der Waals surface area contributed by atoms with Crippen molar-refractivity contribution in [2.45, 2.75) is 13.5 Å². The molecule has 0 aliphatic heterocycles. The van der Waals surface area contributed by atoms with E-state index < -0.39 is 17.2 Å². The molecule has 10 heteroatoms. The molecule has 0 spiro atoms. The Kier molecular flexibility index (Phi) is 9.35. The van der Waals surface area contributed by atoms with E-state index in [0.29, 0.717) is 25.3 Å². The fourth-order valence-corrected chi connectivity index (χ4v) is 2.40. The van der Waals surface area contributed by atoms with Crippen LogP contribution in [0, 0.1) is 0 Å². The first-order valence-electron chi connectivity index (χ1n) is 8.23. The maximum atomic E-state index is 12.2. The molecule has 2 N–H and O–H groups in total. The summed E-state index contributed by atoms with van der Waals surface area (Å²) in [6.07, 6.45) is 1.45. The number of carbonyl (C=O) groups is 2. The zero-order valence-corrected chi connectivity index (χ0v) is 16.5. The van der Waals surface area contributed by atoms with Crippen LogP contribution in [0.2, 0.25) is 0 Å². The molecule has 9 nitrogen and oxygen atoms in total. The number of hydrogen-bond acceptors (Lipinski definition) is 6. The van der Waals surface area contributed by atoms with Crippen molar-refractivity contribution in [3.05, 3.63) is 29.6 Å². The Labute approximate surface area is 156 Å². The molecule has 0 fully saturated rings. The average Bonchev–Trinajstić information content (AvgIpc) is 2.60. The van der Waals surface area contributed by atoms with E-state index in [1.165, 1.54) is 25.4 Å². The number of pyridine rings is 1. The number of hydrogen-bond donors (Lipinski definition) is 2. The quantitative estimate of drug-likeness (QED) is 0.537. The van der Waals surface area contributed by atoms with Crippen LogP contribution in [0.4, 0.5) is 0 Å². The molecule has 1 unspecified atom stereocenters. The second-order valence-electron chi connectivity index (χ2n) is 5.95. The Morgan fingerprint density at radius 2 is 1.96 bits per heavy atom. The molecule has 1 atom stereocenters. The standard InChI is InChI=1S/C16H27N5O4S/c1-5-21(9-8-19(2)3)15(22)12-17-11-14-10-13(6-7-18-14)16(23)20(4)26(24)25/h6-7,10,17H,5,8-9,11-12H2,1-4H3,(H,24,25). The van der Waals surface area contributed by atoms with E-state index in [0.717, 1.165) is 10.8 Å². The Hall–Kier alpha value is -1.88. The summed E-state index contributed by atoms with van der Waals surface area (Å²) >= 11 is -2.38. The van der Waals surface area contributed by atoms with Gasteiger partial charge in [0.05, 0.1) is 12.2 Å². The monoisotopic (exact) mass is 385 g/mol. The largest absolute Gasteiger partial charge is 0.341 e. The summed E-state index contributed by atoms with van der Waals surface area (Å²) in [5.41, 5.74) is 0.825. The number of amides is 2. The van der Waals surface area contributed by atoms with Crippen LogP contribution in [-0.2, 0) is 22.6 Å². The van der Waals surface area contributed by atoms with Crippen LogP contribution >= 0.6 is 0 Å². The molecule has 2 amide bonds. The highest BCUT2D eigenvalue weighted by Gasteiger charge is 2.16. The molecular weight excluding hydrogens is 358 g/mol. The maximum absolute atomic E-state index is 12.2. The minimum Gasteiger partial charge on any atom is -0.341 e. The summed E-state index contributed by atoms with van der Waals surface area (Å²) in [7, 11) is 5.16. The first-order valence-corrected chi connectivity index (χ1v) is 9.29. The van der Waals surface area contributed by atoms with Crippen LogP contribution in [-0.4, -0.2) is 87.0 Å². The Morgan fingerprint density at radius 1 is 1.27 bits per heavy atom. The van der Waals surface area contributed by atoms with Crippen LogP contribution in [0.15, 0.2) is 18.3 Å². The van der Waals surface area contributed by atoms with Gasteiger partial charge in [-0.05, 0) is 33.2 Å². The van der Waals surface area contributed by atoms with Gasteiger partial charge >= 0.3 is 0 Å². The first-order chi connectivity index (χ1) is 12.3. The van der Waals surface area contributed by atoms with E-state index in [1.807, 2.05) is 25.9 Å². The van der Waals surface area contributed by atoms with Crippen molar-refractivity contribution in [1.82, 2.24) is 24.4 Å². The zero-order chi connectivity index (χ0) is 19.7. The van der Waals surface area contributed by atoms with Gasteiger partial charge in [-0.3, -0.25) is 19.1 Å². The topological polar surface area (TPSA) is 106 Å². The number of nitrogens with one attached hydrogen (secondary N) is 1. The van der Waals surface area contributed by atoms with Crippen LogP contribution in [0.25, 0.3) is 0 Å². The molecule has 1 rings (SSSR count). The smallest absolute Gasteiger partial charge is 0.267 e. The third kappa shape index (κ3) is 7.16. The van der Waals surface area contributed by atoms with Crippen molar-refractivity contribution < 1.29 is 18.4 Å². The van der Waals surface area contributed by atoms with Crippen LogP contribution in [0.1, 0.15) is 23.0 Å². The zero-order valence-electron chi connectivity index (χ0n) is 15.6. The number of carbonyl (C=O) groups excluding carboxylic acids is 2. The van der Waals surface area contributed by atoms with Crippen molar-refractivity contribution in [3.63, 3.8) is 0 Å². The van der Waals surface area contributed by atoms with Crippen molar-refractivity contribution in [2.24, 2.45) is 0 Å². The lowest BCUT2D eigenvalue weighted by molar-refractivity contribution is -0.130. The normalized spacial score (nSPS) is 12.1. The van der Waals surface area contributed by atoms with E-state index in [9.17, 15) is 13.8 Å². The molecule has 1 heterocycles. The van der Waals surface area contributed by atoms with Gasteiger partial charge in [0.25, 0.3) is 17.2 Å². The molecule has 0 aromatic carbocycles.